The first-order chi connectivity index (χ1) is 10.3. The molecule has 2 aliphatic heterocycles. The Morgan fingerprint density at radius 1 is 1.14 bits per heavy atom. The largest absolute Gasteiger partial charge is 0.378 e. The molecule has 4 heterocycles. The fourth-order valence-electron chi connectivity index (χ4n) is 3.43. The van der Waals surface area contributed by atoms with Gasteiger partial charge in [0.15, 0.2) is 5.65 Å². The van der Waals surface area contributed by atoms with Crippen LogP contribution in [-0.4, -0.2) is 51.8 Å². The predicted octanol–water partition coefficient (Wildman–Crippen LogP) is 0.827. The highest BCUT2D eigenvalue weighted by atomic mass is 16.5. The first-order valence-corrected chi connectivity index (χ1v) is 7.48. The zero-order chi connectivity index (χ0) is 14.2. The highest BCUT2D eigenvalue weighted by molar-refractivity contribution is 5.72. The van der Waals surface area contributed by atoms with E-state index >= 15 is 0 Å². The monoisotopic (exact) mass is 286 g/mol. The van der Waals surface area contributed by atoms with E-state index in [4.69, 9.17) is 4.74 Å². The van der Waals surface area contributed by atoms with Crippen LogP contribution in [0.1, 0.15) is 18.9 Å². The normalized spacial score (nSPS) is 26.7. The minimum absolute atomic E-state index is 0.0206. The van der Waals surface area contributed by atoms with Crippen LogP contribution in [0.3, 0.4) is 0 Å². The molecule has 6 heteroatoms. The Kier molecular flexibility index (Phi) is 3.20. The summed E-state index contributed by atoms with van der Waals surface area (Å²) in [6.07, 6.45) is 5.75. The molecule has 0 aromatic carbocycles. The van der Waals surface area contributed by atoms with Crippen molar-refractivity contribution in [2.45, 2.75) is 24.9 Å². The molecule has 0 unspecified atom stereocenters. The van der Waals surface area contributed by atoms with Crippen LogP contribution < -0.4 is 5.56 Å². The molecule has 0 aliphatic carbocycles. The van der Waals surface area contributed by atoms with Gasteiger partial charge >= 0.3 is 0 Å². The average Bonchev–Trinajstić information content (AvgIpc) is 3.18. The molecule has 0 saturated carbocycles. The maximum atomic E-state index is 12.7. The second kappa shape index (κ2) is 5.20. The molecule has 2 aromatic rings. The third-order valence-electron chi connectivity index (χ3n) is 4.54. The SMILES string of the molecule is O=c1c2cccnc2ncn1[C@H]1COC[C@@H]1N1CCCC1. The van der Waals surface area contributed by atoms with Gasteiger partial charge in [-0.2, -0.15) is 0 Å². The number of ether oxygens (including phenoxy) is 1. The van der Waals surface area contributed by atoms with E-state index in [1.165, 1.54) is 12.8 Å². The summed E-state index contributed by atoms with van der Waals surface area (Å²) < 4.78 is 7.39. The standard InChI is InChI=1S/C15H18N4O2/c20-15-11-4-3-5-16-14(11)17-10-19(15)13-9-21-8-12(13)18-6-1-2-7-18/h3-5,10,12-13H,1-2,6-9H2/t12-,13-/m0/s1. The van der Waals surface area contributed by atoms with E-state index in [0.717, 1.165) is 13.1 Å². The minimum atomic E-state index is -0.0206. The van der Waals surface area contributed by atoms with Crippen LogP contribution in [0, 0.1) is 0 Å². The number of hydrogen-bond donors (Lipinski definition) is 0. The van der Waals surface area contributed by atoms with Crippen LogP contribution in [0.4, 0.5) is 0 Å². The van der Waals surface area contributed by atoms with Gasteiger partial charge in [0.1, 0.15) is 6.33 Å². The number of likely N-dealkylation sites (tertiary alicyclic amines) is 1. The number of hydrogen-bond acceptors (Lipinski definition) is 5. The van der Waals surface area contributed by atoms with Crippen molar-refractivity contribution in [3.05, 3.63) is 35.0 Å². The third kappa shape index (κ3) is 2.15. The van der Waals surface area contributed by atoms with Gasteiger partial charge in [-0.15, -0.1) is 0 Å². The number of rotatable bonds is 2. The Morgan fingerprint density at radius 2 is 1.95 bits per heavy atom. The van der Waals surface area contributed by atoms with Crippen molar-refractivity contribution in [1.29, 1.82) is 0 Å². The summed E-state index contributed by atoms with van der Waals surface area (Å²) in [5, 5.41) is 0.576. The highest BCUT2D eigenvalue weighted by Gasteiger charge is 2.36. The Bertz CT molecular complexity index is 708. The Balaban J connectivity index is 1.75. The topological polar surface area (TPSA) is 60.3 Å². The fraction of sp³-hybridized carbons (Fsp3) is 0.533. The zero-order valence-corrected chi connectivity index (χ0v) is 11.8. The summed E-state index contributed by atoms with van der Waals surface area (Å²) in [5.74, 6) is 0. The molecule has 2 atom stereocenters. The highest BCUT2D eigenvalue weighted by Crippen LogP contribution is 2.26. The minimum Gasteiger partial charge on any atom is -0.378 e. The lowest BCUT2D eigenvalue weighted by molar-refractivity contribution is 0.158. The zero-order valence-electron chi connectivity index (χ0n) is 11.8. The molecular formula is C15H18N4O2. The van der Waals surface area contributed by atoms with Gasteiger partial charge in [-0.25, -0.2) is 9.97 Å². The summed E-state index contributed by atoms with van der Waals surface area (Å²) in [7, 11) is 0. The average molecular weight is 286 g/mol. The van der Waals surface area contributed by atoms with Crippen molar-refractivity contribution >= 4 is 11.0 Å². The molecule has 0 amide bonds. The Morgan fingerprint density at radius 3 is 2.81 bits per heavy atom. The molecule has 0 spiro atoms. The lowest BCUT2D eigenvalue weighted by Gasteiger charge is -2.28. The van der Waals surface area contributed by atoms with Crippen molar-refractivity contribution in [1.82, 2.24) is 19.4 Å². The van der Waals surface area contributed by atoms with E-state index in [9.17, 15) is 4.79 Å². The molecule has 0 bridgehead atoms. The third-order valence-corrected chi connectivity index (χ3v) is 4.54. The molecule has 2 saturated heterocycles. The molecule has 0 N–H and O–H groups in total. The molecule has 21 heavy (non-hydrogen) atoms. The van der Waals surface area contributed by atoms with Gasteiger partial charge in [-0.05, 0) is 38.1 Å². The van der Waals surface area contributed by atoms with E-state index in [0.29, 0.717) is 24.2 Å². The number of pyridine rings is 1. The van der Waals surface area contributed by atoms with Gasteiger partial charge in [-0.1, -0.05) is 0 Å². The first-order valence-electron chi connectivity index (χ1n) is 7.48. The van der Waals surface area contributed by atoms with Crippen molar-refractivity contribution in [3.63, 3.8) is 0 Å². The maximum absolute atomic E-state index is 12.7. The second-order valence-corrected chi connectivity index (χ2v) is 5.75. The van der Waals surface area contributed by atoms with Crippen LogP contribution in [0.2, 0.25) is 0 Å². The molecule has 0 radical (unpaired) electrons. The summed E-state index contributed by atoms with van der Waals surface area (Å²) in [6.45, 7) is 3.47. The summed E-state index contributed by atoms with van der Waals surface area (Å²) in [4.78, 5) is 23.6. The number of nitrogens with zero attached hydrogens (tertiary/aromatic N) is 4. The van der Waals surface area contributed by atoms with Crippen LogP contribution in [0.25, 0.3) is 11.0 Å². The second-order valence-electron chi connectivity index (χ2n) is 5.75. The number of aromatic nitrogens is 3. The first kappa shape index (κ1) is 12.9. The fourth-order valence-corrected chi connectivity index (χ4v) is 3.43. The van der Waals surface area contributed by atoms with E-state index < -0.39 is 0 Å². The van der Waals surface area contributed by atoms with E-state index in [1.54, 1.807) is 29.2 Å². The van der Waals surface area contributed by atoms with E-state index in [2.05, 4.69) is 14.9 Å². The number of fused-ring (bicyclic) bond motifs is 1. The lowest BCUT2D eigenvalue weighted by Crippen LogP contribution is -2.42. The summed E-state index contributed by atoms with van der Waals surface area (Å²) >= 11 is 0. The quantitative estimate of drug-likeness (QED) is 0.818. The molecule has 2 aromatic heterocycles. The predicted molar refractivity (Wildman–Crippen MR) is 78.2 cm³/mol. The van der Waals surface area contributed by atoms with Gasteiger partial charge in [0, 0.05) is 6.20 Å². The molecular weight excluding hydrogens is 268 g/mol. The van der Waals surface area contributed by atoms with Crippen LogP contribution >= 0.6 is 0 Å². The van der Waals surface area contributed by atoms with Gasteiger partial charge < -0.3 is 4.74 Å². The molecule has 2 aliphatic rings. The summed E-state index contributed by atoms with van der Waals surface area (Å²) in [6, 6.07) is 3.89. The van der Waals surface area contributed by atoms with Crippen LogP contribution in [-0.2, 0) is 4.74 Å². The lowest BCUT2D eigenvalue weighted by atomic mass is 10.1. The Labute approximate surface area is 122 Å². The smallest absolute Gasteiger partial charge is 0.263 e. The van der Waals surface area contributed by atoms with E-state index in [1.807, 2.05) is 0 Å². The van der Waals surface area contributed by atoms with Crippen molar-refractivity contribution in [3.8, 4) is 0 Å². The Hall–Kier alpha value is -1.79. The van der Waals surface area contributed by atoms with Gasteiger partial charge in [-0.3, -0.25) is 14.3 Å². The molecule has 6 nitrogen and oxygen atoms in total. The van der Waals surface area contributed by atoms with Crippen LogP contribution in [0.5, 0.6) is 0 Å². The van der Waals surface area contributed by atoms with Crippen molar-refractivity contribution < 1.29 is 4.74 Å². The van der Waals surface area contributed by atoms with Gasteiger partial charge in [0.25, 0.3) is 5.56 Å². The molecule has 2 fully saturated rings. The van der Waals surface area contributed by atoms with Gasteiger partial charge in [0.05, 0.1) is 30.7 Å². The van der Waals surface area contributed by atoms with Gasteiger partial charge in [0.2, 0.25) is 0 Å². The molecule has 110 valence electrons. The van der Waals surface area contributed by atoms with Crippen molar-refractivity contribution in [2.24, 2.45) is 0 Å². The van der Waals surface area contributed by atoms with Crippen LogP contribution in [0.15, 0.2) is 29.5 Å². The maximum Gasteiger partial charge on any atom is 0.263 e. The summed E-state index contributed by atoms with van der Waals surface area (Å²) in [5.41, 5.74) is 0.489. The molecule has 4 rings (SSSR count). The van der Waals surface area contributed by atoms with Crippen molar-refractivity contribution in [2.75, 3.05) is 26.3 Å². The van der Waals surface area contributed by atoms with E-state index in [-0.39, 0.29) is 17.6 Å².